The lowest BCUT2D eigenvalue weighted by Crippen LogP contribution is -2.26. The highest BCUT2D eigenvalue weighted by Gasteiger charge is 2.21. The molecule has 0 aliphatic heterocycles. The molecule has 1 aromatic heterocycles. The summed E-state index contributed by atoms with van der Waals surface area (Å²) < 4.78 is 66.8. The first-order valence-corrected chi connectivity index (χ1v) is 10.1. The summed E-state index contributed by atoms with van der Waals surface area (Å²) in [5.41, 5.74) is -1.52. The van der Waals surface area contributed by atoms with Gasteiger partial charge in [0.1, 0.15) is 45.9 Å². The Morgan fingerprint density at radius 2 is 1.82 bits per heavy atom. The molecule has 2 aromatic carbocycles. The van der Waals surface area contributed by atoms with Crippen LogP contribution in [-0.2, 0) is 17.9 Å². The van der Waals surface area contributed by atoms with Gasteiger partial charge in [0, 0.05) is 18.2 Å². The molecule has 0 saturated carbocycles. The average molecular weight is 530 g/mol. The number of hydrogen-bond donors (Lipinski definition) is 1. The first-order valence-electron chi connectivity index (χ1n) is 9.29. The highest BCUT2D eigenvalue weighted by molar-refractivity contribution is 9.10. The largest absolute Gasteiger partial charge is 0.472 e. The minimum absolute atomic E-state index is 0.0625. The molecular weight excluding hydrogens is 514 g/mol. The lowest BCUT2D eigenvalue weighted by atomic mass is 10.1. The van der Waals surface area contributed by atoms with Gasteiger partial charge in [-0.05, 0) is 46.6 Å². The van der Waals surface area contributed by atoms with Gasteiger partial charge in [0.25, 0.3) is 5.56 Å². The third-order valence-corrected chi connectivity index (χ3v) is 5.22. The Morgan fingerprint density at radius 3 is 2.45 bits per heavy atom. The van der Waals surface area contributed by atoms with Crippen molar-refractivity contribution in [3.63, 3.8) is 0 Å². The molecule has 12 heteroatoms. The van der Waals surface area contributed by atoms with E-state index in [2.05, 4.69) is 31.0 Å². The molecule has 0 bridgehead atoms. The van der Waals surface area contributed by atoms with E-state index in [1.54, 1.807) is 0 Å². The number of para-hydroxylation sites is 1. The fourth-order valence-electron chi connectivity index (χ4n) is 3.00. The third kappa shape index (κ3) is 5.16. The van der Waals surface area contributed by atoms with Gasteiger partial charge in [0.05, 0.1) is 7.11 Å². The molecule has 1 heterocycles. The van der Waals surface area contributed by atoms with Crippen molar-refractivity contribution in [1.82, 2.24) is 14.9 Å². The molecular formula is C21H16BrF4N3O4. The van der Waals surface area contributed by atoms with Crippen LogP contribution in [0.2, 0.25) is 0 Å². The summed E-state index contributed by atoms with van der Waals surface area (Å²) in [6.07, 6.45) is -0.810. The fourth-order valence-corrected chi connectivity index (χ4v) is 3.38. The Bertz CT molecular complexity index is 1260. The molecule has 33 heavy (non-hydrogen) atoms. The van der Waals surface area contributed by atoms with Crippen LogP contribution in [0.4, 0.5) is 22.4 Å². The summed E-state index contributed by atoms with van der Waals surface area (Å²) in [6, 6.07) is 4.77. The molecule has 1 amide bonds. The SMILES string of the molecule is COC(=O)NCc1cc(F)cc(F)c1COc1nc(C)n(-c2c(F)cccc2F)c(=O)c1Br. The van der Waals surface area contributed by atoms with E-state index in [0.717, 1.165) is 35.9 Å². The van der Waals surface area contributed by atoms with Gasteiger partial charge in [-0.3, -0.25) is 9.36 Å². The zero-order chi connectivity index (χ0) is 24.3. The first kappa shape index (κ1) is 24.2. The maximum absolute atomic E-state index is 14.4. The molecule has 0 aliphatic rings. The summed E-state index contributed by atoms with van der Waals surface area (Å²) in [7, 11) is 1.13. The van der Waals surface area contributed by atoms with Gasteiger partial charge in [-0.2, -0.15) is 4.98 Å². The second-order valence-corrected chi connectivity index (χ2v) is 7.44. The van der Waals surface area contributed by atoms with Crippen LogP contribution in [0.5, 0.6) is 5.88 Å². The number of aryl methyl sites for hydroxylation is 1. The van der Waals surface area contributed by atoms with E-state index in [1.165, 1.54) is 6.92 Å². The first-order chi connectivity index (χ1) is 15.6. The summed E-state index contributed by atoms with van der Waals surface area (Å²) in [5, 5.41) is 2.31. The van der Waals surface area contributed by atoms with Gasteiger partial charge in [0.15, 0.2) is 0 Å². The van der Waals surface area contributed by atoms with E-state index in [1.807, 2.05) is 0 Å². The van der Waals surface area contributed by atoms with Crippen molar-refractivity contribution in [2.45, 2.75) is 20.1 Å². The van der Waals surface area contributed by atoms with Gasteiger partial charge in [-0.1, -0.05) is 6.07 Å². The van der Waals surface area contributed by atoms with E-state index in [0.29, 0.717) is 6.07 Å². The molecule has 174 valence electrons. The number of ether oxygens (including phenoxy) is 2. The highest BCUT2D eigenvalue weighted by Crippen LogP contribution is 2.25. The van der Waals surface area contributed by atoms with Crippen LogP contribution < -0.4 is 15.6 Å². The van der Waals surface area contributed by atoms with Gasteiger partial charge in [-0.15, -0.1) is 0 Å². The lowest BCUT2D eigenvalue weighted by Gasteiger charge is -2.16. The summed E-state index contributed by atoms with van der Waals surface area (Å²) in [4.78, 5) is 28.1. The van der Waals surface area contributed by atoms with Crippen LogP contribution >= 0.6 is 15.9 Å². The molecule has 0 fully saturated rings. The Morgan fingerprint density at radius 1 is 1.15 bits per heavy atom. The van der Waals surface area contributed by atoms with E-state index in [4.69, 9.17) is 4.74 Å². The summed E-state index contributed by atoms with van der Waals surface area (Å²) >= 11 is 3.00. The minimum Gasteiger partial charge on any atom is -0.472 e. The number of methoxy groups -OCH3 is 1. The van der Waals surface area contributed by atoms with Crippen LogP contribution in [0.3, 0.4) is 0 Å². The van der Waals surface area contributed by atoms with Crippen molar-refractivity contribution < 1.29 is 31.8 Å². The smallest absolute Gasteiger partial charge is 0.407 e. The molecule has 0 spiro atoms. The fraction of sp³-hybridized carbons (Fsp3) is 0.190. The number of rotatable bonds is 6. The molecule has 3 rings (SSSR count). The van der Waals surface area contributed by atoms with E-state index < -0.39 is 47.2 Å². The van der Waals surface area contributed by atoms with Gasteiger partial charge < -0.3 is 14.8 Å². The number of halogens is 5. The number of hydrogen-bond acceptors (Lipinski definition) is 5. The topological polar surface area (TPSA) is 82.4 Å². The number of alkyl carbamates (subject to hydrolysis) is 1. The Kier molecular flexibility index (Phi) is 7.36. The molecule has 7 nitrogen and oxygen atoms in total. The van der Waals surface area contributed by atoms with Crippen LogP contribution in [0.25, 0.3) is 5.69 Å². The molecule has 0 aliphatic carbocycles. The Balaban J connectivity index is 1.95. The average Bonchev–Trinajstić information content (AvgIpc) is 2.76. The zero-order valence-electron chi connectivity index (χ0n) is 17.2. The van der Waals surface area contributed by atoms with Crippen LogP contribution in [0, 0.1) is 30.2 Å². The molecule has 3 aromatic rings. The number of aromatic nitrogens is 2. The number of nitrogens with one attached hydrogen (secondary N) is 1. The van der Waals surface area contributed by atoms with Crippen LogP contribution in [-0.4, -0.2) is 22.8 Å². The number of benzene rings is 2. The molecule has 0 atom stereocenters. The van der Waals surface area contributed by atoms with Gasteiger partial charge in [0.2, 0.25) is 5.88 Å². The van der Waals surface area contributed by atoms with Crippen molar-refractivity contribution >= 4 is 22.0 Å². The Labute approximate surface area is 193 Å². The maximum Gasteiger partial charge on any atom is 0.407 e. The van der Waals surface area contributed by atoms with E-state index in [-0.39, 0.29) is 33.8 Å². The van der Waals surface area contributed by atoms with Crippen LogP contribution in [0.1, 0.15) is 17.0 Å². The second-order valence-electron chi connectivity index (χ2n) is 6.65. The predicted molar refractivity (Wildman–Crippen MR) is 112 cm³/mol. The van der Waals surface area contributed by atoms with Crippen molar-refractivity contribution in [1.29, 1.82) is 0 Å². The van der Waals surface area contributed by atoms with Gasteiger partial charge >= 0.3 is 6.09 Å². The van der Waals surface area contributed by atoms with Crippen molar-refractivity contribution in [2.24, 2.45) is 0 Å². The van der Waals surface area contributed by atoms with E-state index in [9.17, 15) is 27.2 Å². The predicted octanol–water partition coefficient (Wildman–Crippen LogP) is 4.29. The number of amides is 1. The molecule has 0 saturated heterocycles. The summed E-state index contributed by atoms with van der Waals surface area (Å²) in [6.45, 7) is 0.575. The number of carbonyl (C=O) groups is 1. The third-order valence-electron chi connectivity index (χ3n) is 4.54. The normalized spacial score (nSPS) is 10.8. The van der Waals surface area contributed by atoms with Gasteiger partial charge in [-0.25, -0.2) is 22.4 Å². The lowest BCUT2D eigenvalue weighted by molar-refractivity contribution is 0.170. The molecule has 0 unspecified atom stereocenters. The standard InChI is InChI=1S/C21H16BrF4N3O4/c1-10-28-19(17(22)20(30)29(10)18-14(24)4-3-5-15(18)25)33-9-13-11(8-27-21(31)32-2)6-12(23)7-16(13)26/h3-7H,8-9H2,1-2H3,(H,27,31). The number of nitrogens with zero attached hydrogens (tertiary/aromatic N) is 2. The van der Waals surface area contributed by atoms with Crippen LogP contribution in [0.15, 0.2) is 39.6 Å². The molecule has 0 radical (unpaired) electrons. The van der Waals surface area contributed by atoms with Crippen molar-refractivity contribution in [3.05, 3.63) is 85.4 Å². The highest BCUT2D eigenvalue weighted by atomic mass is 79.9. The Hall–Kier alpha value is -3.41. The molecule has 1 N–H and O–H groups in total. The minimum atomic E-state index is -0.973. The maximum atomic E-state index is 14.4. The second kappa shape index (κ2) is 10.0. The van der Waals surface area contributed by atoms with Crippen molar-refractivity contribution in [3.8, 4) is 11.6 Å². The number of carbonyl (C=O) groups excluding carboxylic acids is 1. The van der Waals surface area contributed by atoms with E-state index >= 15 is 0 Å². The van der Waals surface area contributed by atoms with Crippen molar-refractivity contribution in [2.75, 3.05) is 7.11 Å². The summed E-state index contributed by atoms with van der Waals surface area (Å²) in [5.74, 6) is -4.15. The zero-order valence-corrected chi connectivity index (χ0v) is 18.8. The monoisotopic (exact) mass is 529 g/mol. The quantitative estimate of drug-likeness (QED) is 0.481.